The zero-order valence-electron chi connectivity index (χ0n) is 17.9. The highest BCUT2D eigenvalue weighted by Crippen LogP contribution is 2.34. The number of thioether (sulfide) groups is 1. The maximum Gasteiger partial charge on any atom is 0.325 e. The average Bonchev–Trinajstić information content (AvgIpc) is 3.07. The van der Waals surface area contributed by atoms with Crippen molar-refractivity contribution >= 4 is 74.1 Å². The number of halogens is 2. The van der Waals surface area contributed by atoms with E-state index in [1.165, 1.54) is 20.3 Å². The van der Waals surface area contributed by atoms with Crippen LogP contribution >= 0.6 is 39.3 Å². The Balaban J connectivity index is 1.66. The molecule has 0 bridgehead atoms. The van der Waals surface area contributed by atoms with Gasteiger partial charge in [0.2, 0.25) is 0 Å². The fourth-order valence-electron chi connectivity index (χ4n) is 2.79. The van der Waals surface area contributed by atoms with E-state index in [4.69, 9.17) is 21.1 Å². The van der Waals surface area contributed by atoms with Crippen molar-refractivity contribution in [3.8, 4) is 11.5 Å². The summed E-state index contributed by atoms with van der Waals surface area (Å²) in [5.41, 5.74) is 1.08. The number of methoxy groups -OCH3 is 2. The van der Waals surface area contributed by atoms with Gasteiger partial charge in [-0.15, -0.1) is 0 Å². The van der Waals surface area contributed by atoms with E-state index in [1.807, 2.05) is 0 Å². The molecule has 0 unspecified atom stereocenters. The van der Waals surface area contributed by atoms with E-state index in [2.05, 4.69) is 26.0 Å². The van der Waals surface area contributed by atoms with E-state index in [-0.39, 0.29) is 11.5 Å². The van der Waals surface area contributed by atoms with E-state index in [0.29, 0.717) is 32.2 Å². The van der Waals surface area contributed by atoms with Crippen LogP contribution in [0.3, 0.4) is 0 Å². The number of carbonyl (C=O) groups excluding carboxylic acids is 4. The Morgan fingerprint density at radius 1 is 1.15 bits per heavy atom. The number of carbonyl (C=O) groups is 4. The van der Waals surface area contributed by atoms with Crippen molar-refractivity contribution < 1.29 is 33.4 Å². The van der Waals surface area contributed by atoms with E-state index < -0.39 is 29.6 Å². The summed E-state index contributed by atoms with van der Waals surface area (Å²) in [5, 5.41) is 2.57. The molecule has 3 rings (SSSR count). The second kappa shape index (κ2) is 11.4. The van der Waals surface area contributed by atoms with Crippen LogP contribution in [0, 0.1) is 0 Å². The first-order valence-electron chi connectivity index (χ1n) is 9.59. The van der Waals surface area contributed by atoms with Crippen LogP contribution in [0.25, 0.3) is 6.08 Å². The van der Waals surface area contributed by atoms with E-state index in [9.17, 15) is 19.2 Å². The van der Waals surface area contributed by atoms with Crippen LogP contribution in [0.5, 0.6) is 11.5 Å². The molecule has 2 aromatic carbocycles. The van der Waals surface area contributed by atoms with Gasteiger partial charge in [0, 0.05) is 10.2 Å². The molecule has 2 aromatic rings. The average molecular weight is 570 g/mol. The largest absolute Gasteiger partial charge is 0.493 e. The number of imide groups is 1. The third kappa shape index (κ3) is 6.31. The van der Waals surface area contributed by atoms with Crippen LogP contribution in [-0.2, 0) is 19.1 Å². The van der Waals surface area contributed by atoms with Crippen molar-refractivity contribution in [2.75, 3.05) is 32.7 Å². The molecule has 0 radical (unpaired) electrons. The lowest BCUT2D eigenvalue weighted by Gasteiger charge is -2.12. The summed E-state index contributed by atoms with van der Waals surface area (Å²) in [6.45, 7) is -0.737. The minimum absolute atomic E-state index is 0.150. The normalized spacial score (nSPS) is 14.4. The van der Waals surface area contributed by atoms with Crippen LogP contribution < -0.4 is 14.8 Å². The van der Waals surface area contributed by atoms with Crippen LogP contribution in [0.15, 0.2) is 45.8 Å². The predicted octanol–water partition coefficient (Wildman–Crippen LogP) is 4.34. The number of benzene rings is 2. The van der Waals surface area contributed by atoms with E-state index >= 15 is 0 Å². The summed E-state index contributed by atoms with van der Waals surface area (Å²) in [7, 11) is 2.60. The molecule has 1 N–H and O–H groups in total. The Bertz CT molecular complexity index is 1190. The van der Waals surface area contributed by atoms with Gasteiger partial charge in [-0.05, 0) is 69.7 Å². The smallest absolute Gasteiger partial charge is 0.325 e. The molecular weight excluding hydrogens is 552 g/mol. The number of esters is 1. The SMILES string of the molecule is COC(=O)CN1C(=O)S/C(=C/c2ccc(OCC(=O)Nc3ccc(Br)c(Cl)c3)c(OC)c2)C1=O. The fraction of sp³-hybridized carbons (Fsp3) is 0.182. The molecule has 178 valence electrons. The van der Waals surface area contributed by atoms with Gasteiger partial charge in [0.05, 0.1) is 24.1 Å². The molecule has 1 heterocycles. The maximum atomic E-state index is 12.5. The second-order valence-electron chi connectivity index (χ2n) is 6.72. The number of hydrogen-bond acceptors (Lipinski definition) is 8. The Morgan fingerprint density at radius 2 is 1.91 bits per heavy atom. The van der Waals surface area contributed by atoms with Crippen molar-refractivity contribution in [1.29, 1.82) is 0 Å². The van der Waals surface area contributed by atoms with Crippen molar-refractivity contribution in [3.05, 3.63) is 56.4 Å². The van der Waals surface area contributed by atoms with Crippen LogP contribution in [0.4, 0.5) is 10.5 Å². The third-order valence-corrected chi connectivity index (χ3v) is 6.58. The third-order valence-electron chi connectivity index (χ3n) is 4.44. The molecule has 12 heteroatoms. The number of ether oxygens (including phenoxy) is 3. The lowest BCUT2D eigenvalue weighted by atomic mass is 10.2. The Kier molecular flexibility index (Phi) is 8.59. The summed E-state index contributed by atoms with van der Waals surface area (Å²) >= 11 is 10.0. The maximum absolute atomic E-state index is 12.5. The minimum atomic E-state index is -0.695. The quantitative estimate of drug-likeness (QED) is 0.369. The van der Waals surface area contributed by atoms with Gasteiger partial charge in [0.15, 0.2) is 18.1 Å². The molecule has 1 fully saturated rings. The molecule has 1 saturated heterocycles. The zero-order chi connectivity index (χ0) is 24.8. The van der Waals surface area contributed by atoms with Crippen molar-refractivity contribution in [2.24, 2.45) is 0 Å². The monoisotopic (exact) mass is 568 g/mol. The molecule has 0 aliphatic carbocycles. The number of anilines is 1. The molecule has 1 aliphatic heterocycles. The number of rotatable bonds is 8. The molecular formula is C22H18BrClN2O7S. The van der Waals surface area contributed by atoms with Gasteiger partial charge in [0.1, 0.15) is 6.54 Å². The standard InChI is InChI=1S/C22H18BrClN2O7S/c1-31-17-7-12(8-18-21(29)26(22(30)34-18)10-20(28)32-2)3-6-16(17)33-11-19(27)25-13-4-5-14(23)15(24)9-13/h3-9H,10-11H2,1-2H3,(H,25,27)/b18-8+. The van der Waals surface area contributed by atoms with Crippen LogP contribution in [0.1, 0.15) is 5.56 Å². The highest BCUT2D eigenvalue weighted by Gasteiger charge is 2.36. The number of hydrogen-bond donors (Lipinski definition) is 1. The van der Waals surface area contributed by atoms with Gasteiger partial charge in [-0.25, -0.2) is 0 Å². The van der Waals surface area contributed by atoms with Gasteiger partial charge >= 0.3 is 5.97 Å². The van der Waals surface area contributed by atoms with Crippen LogP contribution in [0.2, 0.25) is 5.02 Å². The van der Waals surface area contributed by atoms with Crippen molar-refractivity contribution in [2.45, 2.75) is 0 Å². The van der Waals surface area contributed by atoms with Gasteiger partial charge in [0.25, 0.3) is 17.1 Å². The predicted molar refractivity (Wildman–Crippen MR) is 131 cm³/mol. The molecule has 34 heavy (non-hydrogen) atoms. The summed E-state index contributed by atoms with van der Waals surface area (Å²) < 4.78 is 16.1. The fourth-order valence-corrected chi connectivity index (χ4v) is 4.05. The molecule has 9 nitrogen and oxygen atoms in total. The van der Waals surface area contributed by atoms with Gasteiger partial charge < -0.3 is 19.5 Å². The topological polar surface area (TPSA) is 111 Å². The second-order valence-corrected chi connectivity index (χ2v) is 8.97. The Labute approximate surface area is 212 Å². The first kappa shape index (κ1) is 25.6. The summed E-state index contributed by atoms with van der Waals surface area (Å²) in [4.78, 5) is 49.1. The highest BCUT2D eigenvalue weighted by atomic mass is 79.9. The lowest BCUT2D eigenvalue weighted by Crippen LogP contribution is -2.34. The van der Waals surface area contributed by atoms with E-state index in [0.717, 1.165) is 16.7 Å². The molecule has 3 amide bonds. The number of amides is 3. The van der Waals surface area contributed by atoms with Gasteiger partial charge in [-0.3, -0.25) is 24.1 Å². The van der Waals surface area contributed by atoms with Crippen molar-refractivity contribution in [3.63, 3.8) is 0 Å². The summed E-state index contributed by atoms with van der Waals surface area (Å²) in [6.07, 6.45) is 1.50. The summed E-state index contributed by atoms with van der Waals surface area (Å²) in [5.74, 6) is -1.06. The Morgan fingerprint density at radius 3 is 2.59 bits per heavy atom. The number of nitrogens with one attached hydrogen (secondary N) is 1. The lowest BCUT2D eigenvalue weighted by molar-refractivity contribution is -0.143. The van der Waals surface area contributed by atoms with Crippen LogP contribution in [-0.4, -0.2) is 55.3 Å². The first-order chi connectivity index (χ1) is 16.2. The Hall–Kier alpha value is -3.02. The van der Waals surface area contributed by atoms with Gasteiger partial charge in [-0.1, -0.05) is 17.7 Å². The molecule has 0 atom stereocenters. The zero-order valence-corrected chi connectivity index (χ0v) is 21.1. The van der Waals surface area contributed by atoms with E-state index in [1.54, 1.807) is 36.4 Å². The first-order valence-corrected chi connectivity index (χ1v) is 11.6. The molecule has 0 saturated carbocycles. The molecule has 0 aromatic heterocycles. The number of nitrogens with zero attached hydrogens (tertiary/aromatic N) is 1. The molecule has 1 aliphatic rings. The van der Waals surface area contributed by atoms with Crippen molar-refractivity contribution in [1.82, 2.24) is 4.90 Å². The molecule has 0 spiro atoms. The van der Waals surface area contributed by atoms with Gasteiger partial charge in [-0.2, -0.15) is 0 Å². The minimum Gasteiger partial charge on any atom is -0.493 e. The summed E-state index contributed by atoms with van der Waals surface area (Å²) in [6, 6.07) is 9.81. The highest BCUT2D eigenvalue weighted by molar-refractivity contribution is 9.10.